The van der Waals surface area contributed by atoms with Gasteiger partial charge in [-0.3, -0.25) is 9.59 Å². The molecule has 3 aromatic rings. The van der Waals surface area contributed by atoms with E-state index in [9.17, 15) is 23.2 Å². The summed E-state index contributed by atoms with van der Waals surface area (Å²) >= 11 is 0. The summed E-state index contributed by atoms with van der Waals surface area (Å²) in [6.45, 7) is 1.62. The van der Waals surface area contributed by atoms with Crippen molar-refractivity contribution in [3.8, 4) is 17.2 Å². The highest BCUT2D eigenvalue weighted by Crippen LogP contribution is 2.42. The van der Waals surface area contributed by atoms with E-state index in [0.29, 0.717) is 12.0 Å². The fraction of sp³-hybridized carbons (Fsp3) is 0.105. The highest BCUT2D eigenvalue weighted by atomic mass is 19.2. The molecule has 27 heavy (non-hydrogen) atoms. The average molecular weight is 371 g/mol. The van der Waals surface area contributed by atoms with Crippen molar-refractivity contribution in [1.29, 1.82) is 0 Å². The Labute approximate surface area is 150 Å². The van der Waals surface area contributed by atoms with Gasteiger partial charge in [0.15, 0.2) is 17.3 Å². The number of aldehydes is 1. The first kappa shape index (κ1) is 16.9. The second kappa shape index (κ2) is 6.01. The van der Waals surface area contributed by atoms with E-state index < -0.39 is 28.8 Å². The Bertz CT molecular complexity index is 1200. The second-order valence-corrected chi connectivity index (χ2v) is 5.81. The number of ether oxygens (including phenoxy) is 2. The van der Waals surface area contributed by atoms with Gasteiger partial charge in [-0.2, -0.15) is 4.39 Å². The third-order valence-electron chi connectivity index (χ3n) is 4.23. The maximum atomic E-state index is 14.4. The first-order valence-electron chi connectivity index (χ1n) is 7.98. The SMILES string of the molecule is CCOC(=O)c1cn2c3c(c(F)c(F)cc3c1=O)Oc1cc(C=O)ccc1-2. The molecule has 0 fully saturated rings. The van der Waals surface area contributed by atoms with Crippen molar-refractivity contribution in [2.75, 3.05) is 6.61 Å². The number of carbonyl (C=O) groups is 2. The number of rotatable bonds is 3. The number of nitrogens with zero attached hydrogens (tertiary/aromatic N) is 1. The summed E-state index contributed by atoms with van der Waals surface area (Å²) in [6.07, 6.45) is 1.78. The van der Waals surface area contributed by atoms with Crippen molar-refractivity contribution in [1.82, 2.24) is 4.57 Å². The molecular formula is C19H11F2NO5. The molecule has 2 aromatic carbocycles. The maximum absolute atomic E-state index is 14.4. The van der Waals surface area contributed by atoms with Crippen LogP contribution in [0.25, 0.3) is 16.6 Å². The quantitative estimate of drug-likeness (QED) is 0.408. The molecule has 1 aliphatic heterocycles. The number of esters is 1. The van der Waals surface area contributed by atoms with Crippen LogP contribution in [0.1, 0.15) is 27.6 Å². The van der Waals surface area contributed by atoms with Crippen LogP contribution in [0.2, 0.25) is 0 Å². The zero-order valence-corrected chi connectivity index (χ0v) is 13.9. The summed E-state index contributed by atoms with van der Waals surface area (Å²) in [5.74, 6) is -3.86. The predicted molar refractivity (Wildman–Crippen MR) is 90.9 cm³/mol. The van der Waals surface area contributed by atoms with E-state index in [1.165, 1.54) is 29.0 Å². The van der Waals surface area contributed by atoms with Gasteiger partial charge in [-0.05, 0) is 31.2 Å². The van der Waals surface area contributed by atoms with Crippen LogP contribution < -0.4 is 10.2 Å². The summed E-state index contributed by atoms with van der Waals surface area (Å²) < 4.78 is 40.1. The topological polar surface area (TPSA) is 74.6 Å². The molecule has 0 aliphatic carbocycles. The zero-order valence-electron chi connectivity index (χ0n) is 13.9. The second-order valence-electron chi connectivity index (χ2n) is 5.81. The Hall–Kier alpha value is -3.55. The fourth-order valence-corrected chi connectivity index (χ4v) is 3.03. The minimum Gasteiger partial charge on any atom is -0.462 e. The number of fused-ring (bicyclic) bond motifs is 2. The van der Waals surface area contributed by atoms with Crippen LogP contribution in [0.5, 0.6) is 11.5 Å². The number of pyridine rings is 1. The van der Waals surface area contributed by atoms with E-state index in [4.69, 9.17) is 9.47 Å². The van der Waals surface area contributed by atoms with Gasteiger partial charge in [0.1, 0.15) is 17.4 Å². The van der Waals surface area contributed by atoms with Gasteiger partial charge in [0.05, 0.1) is 17.7 Å². The van der Waals surface area contributed by atoms with Gasteiger partial charge in [-0.25, -0.2) is 9.18 Å². The molecule has 0 N–H and O–H groups in total. The zero-order chi connectivity index (χ0) is 19.3. The lowest BCUT2D eigenvalue weighted by atomic mass is 10.1. The number of carbonyl (C=O) groups excluding carboxylic acids is 2. The smallest absolute Gasteiger partial charge is 0.343 e. The predicted octanol–water partition coefficient (Wildman–Crippen LogP) is 3.36. The fourth-order valence-electron chi connectivity index (χ4n) is 3.03. The highest BCUT2D eigenvalue weighted by molar-refractivity contribution is 5.97. The molecule has 8 heteroatoms. The maximum Gasteiger partial charge on any atom is 0.343 e. The summed E-state index contributed by atoms with van der Waals surface area (Å²) in [4.78, 5) is 35.8. The van der Waals surface area contributed by atoms with Crippen LogP contribution in [-0.2, 0) is 4.74 Å². The van der Waals surface area contributed by atoms with Crippen molar-refractivity contribution < 1.29 is 27.8 Å². The third kappa shape index (κ3) is 2.41. The molecule has 4 rings (SSSR count). The van der Waals surface area contributed by atoms with Gasteiger partial charge >= 0.3 is 5.97 Å². The monoisotopic (exact) mass is 371 g/mol. The summed E-state index contributed by atoms with van der Waals surface area (Å²) in [7, 11) is 0. The van der Waals surface area contributed by atoms with Crippen LogP contribution in [0, 0.1) is 11.6 Å². The lowest BCUT2D eigenvalue weighted by Crippen LogP contribution is -2.22. The van der Waals surface area contributed by atoms with Gasteiger partial charge in [0, 0.05) is 11.8 Å². The third-order valence-corrected chi connectivity index (χ3v) is 4.23. The van der Waals surface area contributed by atoms with Gasteiger partial charge in [-0.15, -0.1) is 0 Å². The van der Waals surface area contributed by atoms with E-state index in [2.05, 4.69) is 0 Å². The Morgan fingerprint density at radius 3 is 2.78 bits per heavy atom. The van der Waals surface area contributed by atoms with Crippen LogP contribution in [0.4, 0.5) is 8.78 Å². The number of hydrogen-bond donors (Lipinski definition) is 0. The van der Waals surface area contributed by atoms with Crippen molar-refractivity contribution in [3.63, 3.8) is 0 Å². The summed E-state index contributed by atoms with van der Waals surface area (Å²) in [6, 6.07) is 5.09. The minimum absolute atomic E-state index is 0.0155. The summed E-state index contributed by atoms with van der Waals surface area (Å²) in [5.41, 5.74) is -0.519. The molecule has 0 bridgehead atoms. The van der Waals surface area contributed by atoms with E-state index >= 15 is 0 Å². The Morgan fingerprint density at radius 2 is 2.07 bits per heavy atom. The summed E-state index contributed by atoms with van der Waals surface area (Å²) in [5, 5.41) is -0.223. The number of hydrogen-bond acceptors (Lipinski definition) is 5. The molecule has 6 nitrogen and oxygen atoms in total. The molecule has 0 saturated heterocycles. The first-order valence-corrected chi connectivity index (χ1v) is 7.98. The molecular weight excluding hydrogens is 360 g/mol. The van der Waals surface area contributed by atoms with Crippen LogP contribution in [0.15, 0.2) is 35.3 Å². The number of benzene rings is 2. The van der Waals surface area contributed by atoms with E-state index in [0.717, 1.165) is 6.07 Å². The van der Waals surface area contributed by atoms with E-state index in [1.807, 2.05) is 0 Å². The standard InChI is InChI=1S/C19H11F2NO5/c1-2-26-19(25)11-7-22-13-4-3-9(8-23)5-14(13)27-18-15(21)12(20)6-10(16(18)22)17(11)24/h3-8H,2H2,1H3. The molecule has 2 heterocycles. The Morgan fingerprint density at radius 1 is 1.30 bits per heavy atom. The molecule has 0 spiro atoms. The van der Waals surface area contributed by atoms with Crippen molar-refractivity contribution in [3.05, 3.63) is 63.4 Å². The lowest BCUT2D eigenvalue weighted by Gasteiger charge is -2.24. The lowest BCUT2D eigenvalue weighted by molar-refractivity contribution is 0.0524. The average Bonchev–Trinajstić information content (AvgIpc) is 2.67. The van der Waals surface area contributed by atoms with Crippen LogP contribution in [-0.4, -0.2) is 23.4 Å². The van der Waals surface area contributed by atoms with Crippen molar-refractivity contribution in [2.45, 2.75) is 6.92 Å². The molecule has 136 valence electrons. The van der Waals surface area contributed by atoms with Crippen molar-refractivity contribution in [2.24, 2.45) is 0 Å². The van der Waals surface area contributed by atoms with Crippen LogP contribution >= 0.6 is 0 Å². The molecule has 0 radical (unpaired) electrons. The van der Waals surface area contributed by atoms with Crippen molar-refractivity contribution >= 4 is 23.2 Å². The number of halogens is 2. The molecule has 0 atom stereocenters. The number of aromatic nitrogens is 1. The van der Waals surface area contributed by atoms with Crippen LogP contribution in [0.3, 0.4) is 0 Å². The molecule has 1 aliphatic rings. The van der Waals surface area contributed by atoms with Gasteiger partial charge in [0.2, 0.25) is 11.2 Å². The van der Waals surface area contributed by atoms with E-state index in [-0.39, 0.29) is 34.4 Å². The molecule has 0 saturated carbocycles. The molecule has 0 amide bonds. The Kier molecular flexibility index (Phi) is 3.76. The first-order chi connectivity index (χ1) is 13.0. The minimum atomic E-state index is -1.29. The van der Waals surface area contributed by atoms with Gasteiger partial charge < -0.3 is 14.0 Å². The highest BCUT2D eigenvalue weighted by Gasteiger charge is 2.29. The molecule has 0 unspecified atom stereocenters. The van der Waals surface area contributed by atoms with Gasteiger partial charge in [-0.1, -0.05) is 0 Å². The Balaban J connectivity index is 2.15. The van der Waals surface area contributed by atoms with E-state index in [1.54, 1.807) is 6.92 Å². The normalized spacial score (nSPS) is 11.7. The van der Waals surface area contributed by atoms with Gasteiger partial charge in [0.25, 0.3) is 0 Å². The largest absolute Gasteiger partial charge is 0.462 e. The molecule has 1 aromatic heterocycles.